The summed E-state index contributed by atoms with van der Waals surface area (Å²) in [5, 5.41) is 56.3. The molecule has 1 heterocycles. The molecule has 1 aromatic heterocycles. The van der Waals surface area contributed by atoms with E-state index in [0.717, 1.165) is 17.3 Å². The molecule has 0 spiro atoms. The molecule has 9 aromatic rings. The summed E-state index contributed by atoms with van der Waals surface area (Å²) >= 11 is 0. The van der Waals surface area contributed by atoms with Crippen LogP contribution in [0.3, 0.4) is 0 Å². The third kappa shape index (κ3) is 13.9. The standard InChI is InChI=1S/C48H37N11O9S2.2O3S/c1-27-20-43(44(67-3)25-40(27)53-51-32-13-11-31(12-14-32)50-49-30-8-6-5-7-9-30)56-54-41-26-45(68-4)42(21-28(41)2)55-52-39-18-10-29-22-33(15-16-35(29)48(39)60)59-57-38-19-17-36-37(47(38)58-59)23-34(69(61,62)63)24-46(36)70(64,65)66;2*1-4(2)3/h5-26,60H,1-4H3,(H,61,62,63)(H,64,65,66);;. The second-order valence-electron chi connectivity index (χ2n) is 15.9. The van der Waals surface area contributed by atoms with Gasteiger partial charge in [0.2, 0.25) is 0 Å². The average molecular weight is 1140 g/mol. The molecule has 0 bridgehead atoms. The van der Waals surface area contributed by atoms with Crippen LogP contribution in [0.1, 0.15) is 11.1 Å². The Morgan fingerprint density at radius 2 is 0.974 bits per heavy atom. The summed E-state index contributed by atoms with van der Waals surface area (Å²) in [6.45, 7) is 3.71. The quantitative estimate of drug-likeness (QED) is 0.0713. The molecular formula is C48H37N11O15S4. The van der Waals surface area contributed by atoms with Crippen LogP contribution in [0.4, 0.5) is 45.5 Å². The second kappa shape index (κ2) is 24.0. The molecule has 0 radical (unpaired) electrons. The number of fused-ring (bicyclic) bond motifs is 4. The number of aryl methyl sites for hydroxylation is 2. The van der Waals surface area contributed by atoms with Crippen molar-refractivity contribution in [1.82, 2.24) is 15.0 Å². The summed E-state index contributed by atoms with van der Waals surface area (Å²) < 4.78 is 130. The van der Waals surface area contributed by atoms with Crippen LogP contribution in [0.15, 0.2) is 184 Å². The van der Waals surface area contributed by atoms with Crippen molar-refractivity contribution in [2.45, 2.75) is 23.6 Å². The highest BCUT2D eigenvalue weighted by Crippen LogP contribution is 2.42. The molecule has 78 heavy (non-hydrogen) atoms. The zero-order valence-electron chi connectivity index (χ0n) is 40.5. The predicted molar refractivity (Wildman–Crippen MR) is 280 cm³/mol. The Labute approximate surface area is 444 Å². The number of hydrogen-bond donors (Lipinski definition) is 3. The number of phenols is 1. The highest BCUT2D eigenvalue weighted by molar-refractivity contribution is 7.86. The van der Waals surface area contributed by atoms with Gasteiger partial charge in [0.1, 0.15) is 44.5 Å². The highest BCUT2D eigenvalue weighted by Gasteiger charge is 2.23. The van der Waals surface area contributed by atoms with Gasteiger partial charge in [-0.2, -0.15) is 47.2 Å². The maximum Gasteiger partial charge on any atom is 0.425 e. The van der Waals surface area contributed by atoms with Crippen LogP contribution < -0.4 is 9.47 Å². The number of ether oxygens (including phenoxy) is 2. The number of methoxy groups -OCH3 is 2. The fourth-order valence-corrected chi connectivity index (χ4v) is 8.61. The normalized spacial score (nSPS) is 11.8. The Morgan fingerprint density at radius 3 is 1.50 bits per heavy atom. The van der Waals surface area contributed by atoms with Gasteiger partial charge in [-0.15, -0.1) is 50.8 Å². The molecule has 0 aliphatic rings. The van der Waals surface area contributed by atoms with E-state index in [1.165, 1.54) is 31.1 Å². The number of hydrogen-bond acceptors (Lipinski definition) is 23. The minimum Gasteiger partial charge on any atom is -0.505 e. The van der Waals surface area contributed by atoms with Crippen LogP contribution in [0.2, 0.25) is 0 Å². The van der Waals surface area contributed by atoms with E-state index in [2.05, 4.69) is 51.1 Å². The zero-order chi connectivity index (χ0) is 56.5. The Hall–Kier alpha value is -9.46. The summed E-state index contributed by atoms with van der Waals surface area (Å²) in [5.74, 6) is 0.609. The molecule has 0 saturated heterocycles. The summed E-state index contributed by atoms with van der Waals surface area (Å²) in [6, 6.07) is 36.3. The lowest BCUT2D eigenvalue weighted by molar-refractivity contribution is 0.415. The number of phenolic OH excluding ortho intramolecular Hbond substituents is 1. The molecule has 26 nitrogen and oxygen atoms in total. The van der Waals surface area contributed by atoms with Crippen LogP contribution in [0, 0.1) is 13.8 Å². The van der Waals surface area contributed by atoms with Crippen molar-refractivity contribution in [2.24, 2.45) is 40.9 Å². The molecule has 0 saturated carbocycles. The Balaban J connectivity index is 0.00000103. The zero-order valence-corrected chi connectivity index (χ0v) is 43.8. The number of rotatable bonds is 13. The van der Waals surface area contributed by atoms with Gasteiger partial charge in [0.05, 0.1) is 53.2 Å². The van der Waals surface area contributed by atoms with Crippen LogP contribution in [0.25, 0.3) is 38.3 Å². The molecular weight excluding hydrogens is 1100 g/mol. The second-order valence-corrected chi connectivity index (χ2v) is 19.5. The first-order chi connectivity index (χ1) is 37.0. The van der Waals surface area contributed by atoms with Crippen LogP contribution in [0.5, 0.6) is 17.2 Å². The summed E-state index contributed by atoms with van der Waals surface area (Å²) in [4.78, 5) is -0.238. The molecule has 0 unspecified atom stereocenters. The van der Waals surface area contributed by atoms with Crippen molar-refractivity contribution in [1.29, 1.82) is 0 Å². The van der Waals surface area contributed by atoms with E-state index in [9.17, 15) is 31.0 Å². The number of azo groups is 4. The van der Waals surface area contributed by atoms with Gasteiger partial charge in [-0.1, -0.05) is 30.3 Å². The predicted octanol–water partition coefficient (Wildman–Crippen LogP) is 11.2. The minimum atomic E-state index is -4.91. The van der Waals surface area contributed by atoms with Gasteiger partial charge in [0, 0.05) is 28.3 Å². The van der Waals surface area contributed by atoms with Gasteiger partial charge < -0.3 is 14.6 Å². The largest absolute Gasteiger partial charge is 0.505 e. The number of aromatic hydroxyl groups is 1. The third-order valence-corrected chi connectivity index (χ3v) is 12.6. The summed E-state index contributed by atoms with van der Waals surface area (Å²) in [5.41, 5.74) is 6.39. The molecule has 0 amide bonds. The van der Waals surface area contributed by atoms with Crippen molar-refractivity contribution in [3.8, 4) is 22.9 Å². The number of benzene rings is 8. The first-order valence-electron chi connectivity index (χ1n) is 21.8. The van der Waals surface area contributed by atoms with Gasteiger partial charge >= 0.3 is 21.2 Å². The smallest absolute Gasteiger partial charge is 0.425 e. The van der Waals surface area contributed by atoms with E-state index >= 15 is 0 Å². The van der Waals surface area contributed by atoms with Crippen molar-refractivity contribution in [2.75, 3.05) is 14.2 Å². The molecule has 0 aliphatic heterocycles. The lowest BCUT2D eigenvalue weighted by Gasteiger charge is -2.09. The van der Waals surface area contributed by atoms with E-state index in [4.69, 9.17) is 34.7 Å². The highest BCUT2D eigenvalue weighted by atomic mass is 32.2. The van der Waals surface area contributed by atoms with Crippen molar-refractivity contribution in [3.05, 3.63) is 145 Å². The van der Waals surface area contributed by atoms with E-state index in [1.54, 1.807) is 78.9 Å². The van der Waals surface area contributed by atoms with Crippen molar-refractivity contribution < 1.29 is 65.8 Å². The van der Waals surface area contributed by atoms with Crippen LogP contribution >= 0.6 is 0 Å². The van der Waals surface area contributed by atoms with Crippen molar-refractivity contribution in [3.63, 3.8) is 0 Å². The number of aromatic nitrogens is 3. The van der Waals surface area contributed by atoms with Gasteiger partial charge in [0.25, 0.3) is 20.2 Å². The molecule has 0 aliphatic carbocycles. The molecule has 0 fully saturated rings. The third-order valence-electron chi connectivity index (χ3n) is 10.9. The maximum atomic E-state index is 12.2. The van der Waals surface area contributed by atoms with Crippen LogP contribution in [-0.4, -0.2) is 85.5 Å². The molecule has 398 valence electrons. The Kier molecular flexibility index (Phi) is 17.3. The molecule has 0 atom stereocenters. The van der Waals surface area contributed by atoms with E-state index in [-0.39, 0.29) is 33.2 Å². The van der Waals surface area contributed by atoms with Crippen molar-refractivity contribution >= 4 is 120 Å². The van der Waals surface area contributed by atoms with Gasteiger partial charge in [-0.05, 0) is 121 Å². The SMILES string of the molecule is COc1cc(N=Nc2ccc(N=Nc3ccccc3)cc2)c(C)cc1N=Nc1cc(OC)c(N=Nc2ccc3cc(-n4nc5ccc6c(S(=O)(=O)O)cc(S(=O)(=O)O)cc6c5n4)ccc3c2O)cc1C.O=S(=O)=O.O=S(=O)=O. The van der Waals surface area contributed by atoms with Gasteiger partial charge in [0.15, 0.2) is 5.75 Å². The molecule has 9 rings (SSSR count). The first kappa shape index (κ1) is 56.3. The van der Waals surface area contributed by atoms with Crippen LogP contribution in [-0.2, 0) is 41.5 Å². The monoisotopic (exact) mass is 1140 g/mol. The van der Waals surface area contributed by atoms with E-state index in [0.29, 0.717) is 73.7 Å². The van der Waals surface area contributed by atoms with Gasteiger partial charge in [-0.3, -0.25) is 9.11 Å². The molecule has 30 heteroatoms. The Morgan fingerprint density at radius 1 is 0.487 bits per heavy atom. The summed E-state index contributed by atoms with van der Waals surface area (Å²) in [6.07, 6.45) is 0. The number of nitrogens with zero attached hydrogens (tertiary/aromatic N) is 11. The molecule has 8 aromatic carbocycles. The van der Waals surface area contributed by atoms with E-state index in [1.807, 2.05) is 44.2 Å². The summed E-state index contributed by atoms with van der Waals surface area (Å²) in [7, 11) is -13.0. The fourth-order valence-electron chi connectivity index (χ4n) is 7.27. The lowest BCUT2D eigenvalue weighted by Crippen LogP contribution is -2.04. The topological polar surface area (TPSA) is 379 Å². The maximum absolute atomic E-state index is 12.2. The minimum absolute atomic E-state index is 0.00667. The first-order valence-corrected chi connectivity index (χ1v) is 26.7. The lowest BCUT2D eigenvalue weighted by atomic mass is 10.1. The van der Waals surface area contributed by atoms with Gasteiger partial charge in [-0.25, -0.2) is 0 Å². The van der Waals surface area contributed by atoms with E-state index < -0.39 is 51.2 Å². The Bertz CT molecular complexity index is 4370. The molecule has 3 N–H and O–H groups in total. The fraction of sp³-hybridized carbons (Fsp3) is 0.0833. The average Bonchev–Trinajstić information content (AvgIpc) is 4.04.